The highest BCUT2D eigenvalue weighted by Gasteiger charge is 2.39. The van der Waals surface area contributed by atoms with Gasteiger partial charge >= 0.3 is 0 Å². The molecule has 1 aromatic rings. The van der Waals surface area contributed by atoms with Crippen molar-refractivity contribution in [3.8, 4) is 0 Å². The van der Waals surface area contributed by atoms with Gasteiger partial charge < -0.3 is 16.4 Å². The summed E-state index contributed by atoms with van der Waals surface area (Å²) in [6, 6.07) is 6.95. The number of anilines is 1. The molecule has 0 aromatic heterocycles. The van der Waals surface area contributed by atoms with Crippen molar-refractivity contribution in [2.45, 2.75) is 32.7 Å². The molecule has 0 heterocycles. The third kappa shape index (κ3) is 5.31. The van der Waals surface area contributed by atoms with Crippen molar-refractivity contribution in [1.82, 2.24) is 5.32 Å². The van der Waals surface area contributed by atoms with Gasteiger partial charge in [0.25, 0.3) is 5.91 Å². The third-order valence-corrected chi connectivity index (χ3v) is 3.54. The molecule has 0 aliphatic heterocycles. The number of hydrogen-bond donors (Lipinski definition) is 3. The summed E-state index contributed by atoms with van der Waals surface area (Å²) < 4.78 is 0. The van der Waals surface area contributed by atoms with E-state index in [1.54, 1.807) is 24.3 Å². The highest BCUT2D eigenvalue weighted by Crippen LogP contribution is 2.38. The number of carbonyl (C=O) groups is 2. The number of amides is 2. The molecule has 0 bridgehead atoms. The van der Waals surface area contributed by atoms with E-state index in [2.05, 4.69) is 17.6 Å². The summed E-state index contributed by atoms with van der Waals surface area (Å²) in [7, 11) is 0. The minimum absolute atomic E-state index is 0. The minimum Gasteiger partial charge on any atom is -0.350 e. The van der Waals surface area contributed by atoms with Crippen LogP contribution in [0.4, 0.5) is 5.69 Å². The lowest BCUT2D eigenvalue weighted by atomic mass is 10.1. The molecule has 1 aliphatic carbocycles. The van der Waals surface area contributed by atoms with Crippen LogP contribution < -0.4 is 16.4 Å². The average molecular weight is 326 g/mol. The van der Waals surface area contributed by atoms with Crippen molar-refractivity contribution in [2.24, 2.45) is 17.6 Å². The van der Waals surface area contributed by atoms with E-state index in [1.165, 1.54) is 0 Å². The Bertz CT molecular complexity index is 555. The molecule has 2 atom stereocenters. The van der Waals surface area contributed by atoms with Crippen LogP contribution in [0.1, 0.15) is 37.6 Å². The molecule has 2 rings (SSSR count). The molecule has 1 aromatic carbocycles. The van der Waals surface area contributed by atoms with Crippen molar-refractivity contribution in [1.29, 1.82) is 0 Å². The summed E-state index contributed by atoms with van der Waals surface area (Å²) in [5.41, 5.74) is 6.55. The van der Waals surface area contributed by atoms with E-state index in [1.807, 2.05) is 13.8 Å². The molecule has 122 valence electrons. The molecule has 2 unspecified atom stereocenters. The Morgan fingerprint density at radius 2 is 2.00 bits per heavy atom. The molecule has 1 aliphatic rings. The highest BCUT2D eigenvalue weighted by atomic mass is 35.5. The standard InChI is InChI=1S/C16H23N3O2.ClH/c1-10-7-13(10)15(21)19-12-6-4-5-11(8-12)14(20)18-9-16(2,3)17;/h4-6,8,10,13H,7,9,17H2,1-3H3,(H,18,20)(H,19,21);1H. The Hall–Kier alpha value is -1.59. The van der Waals surface area contributed by atoms with Gasteiger partial charge in [-0.1, -0.05) is 13.0 Å². The average Bonchev–Trinajstić information content (AvgIpc) is 3.13. The van der Waals surface area contributed by atoms with Crippen molar-refractivity contribution in [3.63, 3.8) is 0 Å². The van der Waals surface area contributed by atoms with Gasteiger partial charge in [-0.15, -0.1) is 12.4 Å². The fourth-order valence-electron chi connectivity index (χ4n) is 2.07. The fraction of sp³-hybridized carbons (Fsp3) is 0.500. The Labute approximate surface area is 137 Å². The number of nitrogens with one attached hydrogen (secondary N) is 2. The van der Waals surface area contributed by atoms with E-state index in [4.69, 9.17) is 5.73 Å². The van der Waals surface area contributed by atoms with Crippen LogP contribution in [-0.2, 0) is 4.79 Å². The molecule has 6 heteroatoms. The molecule has 1 fully saturated rings. The monoisotopic (exact) mass is 325 g/mol. The second-order valence-electron chi connectivity index (χ2n) is 6.56. The van der Waals surface area contributed by atoms with Crippen LogP contribution in [0.15, 0.2) is 24.3 Å². The first-order chi connectivity index (χ1) is 9.76. The van der Waals surface area contributed by atoms with E-state index in [-0.39, 0.29) is 30.1 Å². The number of benzene rings is 1. The molecule has 22 heavy (non-hydrogen) atoms. The van der Waals surface area contributed by atoms with Gasteiger partial charge in [0.05, 0.1) is 0 Å². The molecule has 0 spiro atoms. The smallest absolute Gasteiger partial charge is 0.251 e. The maximum absolute atomic E-state index is 12.0. The predicted octanol–water partition coefficient (Wildman–Crippen LogP) is 2.17. The Kier molecular flexibility index (Phi) is 5.97. The number of carbonyl (C=O) groups excluding carboxylic acids is 2. The lowest BCUT2D eigenvalue weighted by molar-refractivity contribution is -0.117. The maximum Gasteiger partial charge on any atom is 0.251 e. The van der Waals surface area contributed by atoms with Gasteiger partial charge in [0, 0.05) is 29.3 Å². The molecular formula is C16H24ClN3O2. The van der Waals surface area contributed by atoms with Crippen LogP contribution >= 0.6 is 12.4 Å². The first kappa shape index (κ1) is 18.5. The van der Waals surface area contributed by atoms with Crippen molar-refractivity contribution < 1.29 is 9.59 Å². The summed E-state index contributed by atoms with van der Waals surface area (Å²) in [5.74, 6) is 0.413. The van der Waals surface area contributed by atoms with Gasteiger partial charge in [0.1, 0.15) is 0 Å². The van der Waals surface area contributed by atoms with E-state index < -0.39 is 5.54 Å². The summed E-state index contributed by atoms with van der Waals surface area (Å²) in [4.78, 5) is 23.9. The first-order valence-electron chi connectivity index (χ1n) is 7.24. The maximum atomic E-state index is 12.0. The Morgan fingerprint density at radius 1 is 1.36 bits per heavy atom. The number of halogens is 1. The zero-order chi connectivity index (χ0) is 15.6. The second-order valence-corrected chi connectivity index (χ2v) is 6.56. The van der Waals surface area contributed by atoms with E-state index in [0.29, 0.717) is 23.7 Å². The lowest BCUT2D eigenvalue weighted by Gasteiger charge is -2.19. The summed E-state index contributed by atoms with van der Waals surface area (Å²) in [6.45, 7) is 6.14. The normalized spacial score (nSPS) is 19.8. The Balaban J connectivity index is 0.00000242. The van der Waals surface area contributed by atoms with E-state index in [0.717, 1.165) is 6.42 Å². The quantitative estimate of drug-likeness (QED) is 0.775. The molecular weight excluding hydrogens is 302 g/mol. The lowest BCUT2D eigenvalue weighted by Crippen LogP contribution is -2.45. The predicted molar refractivity (Wildman–Crippen MR) is 90.2 cm³/mol. The van der Waals surface area contributed by atoms with Gasteiger partial charge in [-0.2, -0.15) is 0 Å². The number of rotatable bonds is 5. The zero-order valence-electron chi connectivity index (χ0n) is 13.2. The summed E-state index contributed by atoms with van der Waals surface area (Å²) in [6.07, 6.45) is 0.942. The van der Waals surface area contributed by atoms with Crippen molar-refractivity contribution in [3.05, 3.63) is 29.8 Å². The molecule has 4 N–H and O–H groups in total. The summed E-state index contributed by atoms with van der Waals surface area (Å²) >= 11 is 0. The Morgan fingerprint density at radius 3 is 2.55 bits per heavy atom. The van der Waals surface area contributed by atoms with Gasteiger partial charge in [0.15, 0.2) is 0 Å². The molecule has 0 radical (unpaired) electrons. The largest absolute Gasteiger partial charge is 0.350 e. The molecule has 2 amide bonds. The second kappa shape index (κ2) is 7.11. The molecule has 5 nitrogen and oxygen atoms in total. The van der Waals surface area contributed by atoms with Gasteiger partial charge in [0.2, 0.25) is 5.91 Å². The van der Waals surface area contributed by atoms with Crippen LogP contribution in [0.3, 0.4) is 0 Å². The van der Waals surface area contributed by atoms with Gasteiger partial charge in [-0.05, 0) is 44.4 Å². The molecule has 0 saturated heterocycles. The van der Waals surface area contributed by atoms with Crippen LogP contribution in [0.25, 0.3) is 0 Å². The fourth-order valence-corrected chi connectivity index (χ4v) is 2.07. The number of nitrogens with two attached hydrogens (primary N) is 1. The first-order valence-corrected chi connectivity index (χ1v) is 7.24. The van der Waals surface area contributed by atoms with E-state index in [9.17, 15) is 9.59 Å². The number of hydrogen-bond acceptors (Lipinski definition) is 3. The topological polar surface area (TPSA) is 84.2 Å². The summed E-state index contributed by atoms with van der Waals surface area (Å²) in [5, 5.41) is 5.64. The zero-order valence-corrected chi connectivity index (χ0v) is 14.0. The highest BCUT2D eigenvalue weighted by molar-refractivity contribution is 5.98. The van der Waals surface area contributed by atoms with Crippen molar-refractivity contribution in [2.75, 3.05) is 11.9 Å². The van der Waals surface area contributed by atoms with Crippen LogP contribution in [-0.4, -0.2) is 23.9 Å². The van der Waals surface area contributed by atoms with Crippen LogP contribution in [0.5, 0.6) is 0 Å². The van der Waals surface area contributed by atoms with Crippen molar-refractivity contribution >= 4 is 29.9 Å². The van der Waals surface area contributed by atoms with Gasteiger partial charge in [-0.3, -0.25) is 9.59 Å². The van der Waals surface area contributed by atoms with Crippen LogP contribution in [0.2, 0.25) is 0 Å². The SMILES string of the molecule is CC1CC1C(=O)Nc1cccc(C(=O)NCC(C)(C)N)c1.Cl. The van der Waals surface area contributed by atoms with E-state index >= 15 is 0 Å². The minimum atomic E-state index is -0.455. The molecule has 1 saturated carbocycles. The third-order valence-electron chi connectivity index (χ3n) is 3.54. The van der Waals surface area contributed by atoms with Crippen LogP contribution in [0, 0.1) is 11.8 Å². The van der Waals surface area contributed by atoms with Gasteiger partial charge in [-0.25, -0.2) is 0 Å².